The molecule has 3 heteroatoms. The number of benzene rings is 1. The molecule has 0 bridgehead atoms. The third kappa shape index (κ3) is 2.41. The van der Waals surface area contributed by atoms with Gasteiger partial charge in [0.05, 0.1) is 12.0 Å². The molecule has 0 radical (unpaired) electrons. The van der Waals surface area contributed by atoms with Crippen LogP contribution in [0.15, 0.2) is 24.3 Å². The standard InChI is InChI=1S/C15H20O3/c1-3-18-14(16)15(8-10-17-11-9-15)13-6-4-12(2)5-7-13/h4-7H,3,8-11H2,1-2H3. The summed E-state index contributed by atoms with van der Waals surface area (Å²) < 4.78 is 10.7. The van der Waals surface area contributed by atoms with Gasteiger partial charge >= 0.3 is 5.97 Å². The zero-order chi connectivity index (χ0) is 13.0. The number of carbonyl (C=O) groups excluding carboxylic acids is 1. The average Bonchev–Trinajstić information content (AvgIpc) is 2.40. The summed E-state index contributed by atoms with van der Waals surface area (Å²) in [5.74, 6) is -0.114. The second kappa shape index (κ2) is 5.53. The first kappa shape index (κ1) is 13.1. The molecule has 0 aromatic heterocycles. The molecule has 0 N–H and O–H groups in total. The van der Waals surface area contributed by atoms with Crippen LogP contribution in [0, 0.1) is 6.92 Å². The Morgan fingerprint density at radius 2 is 1.89 bits per heavy atom. The fourth-order valence-electron chi connectivity index (χ4n) is 2.47. The monoisotopic (exact) mass is 248 g/mol. The van der Waals surface area contributed by atoms with Gasteiger partial charge in [-0.3, -0.25) is 4.79 Å². The number of rotatable bonds is 3. The lowest BCUT2D eigenvalue weighted by Gasteiger charge is -2.35. The summed E-state index contributed by atoms with van der Waals surface area (Å²) >= 11 is 0. The van der Waals surface area contributed by atoms with Gasteiger partial charge in [0, 0.05) is 13.2 Å². The molecule has 98 valence electrons. The average molecular weight is 248 g/mol. The molecule has 0 aliphatic carbocycles. The molecule has 1 saturated heterocycles. The van der Waals surface area contributed by atoms with Gasteiger partial charge in [-0.15, -0.1) is 0 Å². The Kier molecular flexibility index (Phi) is 4.02. The van der Waals surface area contributed by atoms with Crippen molar-refractivity contribution < 1.29 is 14.3 Å². The maximum atomic E-state index is 12.3. The molecule has 1 fully saturated rings. The summed E-state index contributed by atoms with van der Waals surface area (Å²) in [4.78, 5) is 12.3. The molecule has 0 spiro atoms. The van der Waals surface area contributed by atoms with Gasteiger partial charge in [0.15, 0.2) is 0 Å². The minimum Gasteiger partial charge on any atom is -0.465 e. The topological polar surface area (TPSA) is 35.5 Å². The molecular weight excluding hydrogens is 228 g/mol. The van der Waals surface area contributed by atoms with Gasteiger partial charge in [0.1, 0.15) is 0 Å². The van der Waals surface area contributed by atoms with Gasteiger partial charge in [-0.1, -0.05) is 29.8 Å². The molecule has 0 saturated carbocycles. The van der Waals surface area contributed by atoms with E-state index in [0.717, 1.165) is 5.56 Å². The van der Waals surface area contributed by atoms with Crippen LogP contribution in [-0.2, 0) is 19.7 Å². The van der Waals surface area contributed by atoms with Crippen LogP contribution in [0.4, 0.5) is 0 Å². The van der Waals surface area contributed by atoms with E-state index in [1.54, 1.807) is 0 Å². The predicted octanol–water partition coefficient (Wildman–Crippen LogP) is 2.61. The highest BCUT2D eigenvalue weighted by molar-refractivity contribution is 5.83. The van der Waals surface area contributed by atoms with Gasteiger partial charge < -0.3 is 9.47 Å². The predicted molar refractivity (Wildman–Crippen MR) is 69.5 cm³/mol. The van der Waals surface area contributed by atoms with E-state index in [9.17, 15) is 4.79 Å². The van der Waals surface area contributed by atoms with Crippen molar-refractivity contribution in [1.29, 1.82) is 0 Å². The zero-order valence-corrected chi connectivity index (χ0v) is 11.1. The second-order valence-corrected chi connectivity index (χ2v) is 4.78. The van der Waals surface area contributed by atoms with E-state index in [-0.39, 0.29) is 5.97 Å². The molecule has 3 nitrogen and oxygen atoms in total. The smallest absolute Gasteiger partial charge is 0.316 e. The van der Waals surface area contributed by atoms with Crippen molar-refractivity contribution in [1.82, 2.24) is 0 Å². The summed E-state index contributed by atoms with van der Waals surface area (Å²) in [6.45, 7) is 5.55. The molecule has 1 aliphatic rings. The van der Waals surface area contributed by atoms with Gasteiger partial charge in [-0.25, -0.2) is 0 Å². The van der Waals surface area contributed by atoms with Crippen LogP contribution in [0.25, 0.3) is 0 Å². The SMILES string of the molecule is CCOC(=O)C1(c2ccc(C)cc2)CCOCC1. The minimum absolute atomic E-state index is 0.114. The van der Waals surface area contributed by atoms with E-state index in [2.05, 4.69) is 0 Å². The van der Waals surface area contributed by atoms with Crippen molar-refractivity contribution in [3.8, 4) is 0 Å². The van der Waals surface area contributed by atoms with E-state index < -0.39 is 5.41 Å². The van der Waals surface area contributed by atoms with E-state index in [1.165, 1.54) is 5.56 Å². The highest BCUT2D eigenvalue weighted by Gasteiger charge is 2.42. The highest BCUT2D eigenvalue weighted by Crippen LogP contribution is 2.36. The second-order valence-electron chi connectivity index (χ2n) is 4.78. The molecule has 0 atom stereocenters. The normalized spacial score (nSPS) is 18.3. The van der Waals surface area contributed by atoms with E-state index >= 15 is 0 Å². The van der Waals surface area contributed by atoms with Crippen molar-refractivity contribution in [2.24, 2.45) is 0 Å². The molecular formula is C15H20O3. The summed E-state index contributed by atoms with van der Waals surface area (Å²) in [5.41, 5.74) is 1.74. The quantitative estimate of drug-likeness (QED) is 0.771. The summed E-state index contributed by atoms with van der Waals surface area (Å²) in [5, 5.41) is 0. The Morgan fingerprint density at radius 3 is 2.44 bits per heavy atom. The van der Waals surface area contributed by atoms with Crippen LogP contribution in [0.1, 0.15) is 30.9 Å². The lowest BCUT2D eigenvalue weighted by molar-refractivity contribution is -0.154. The van der Waals surface area contributed by atoms with Crippen molar-refractivity contribution in [2.75, 3.05) is 19.8 Å². The Balaban J connectivity index is 2.34. The van der Waals surface area contributed by atoms with Crippen molar-refractivity contribution in [3.05, 3.63) is 35.4 Å². The van der Waals surface area contributed by atoms with Crippen molar-refractivity contribution >= 4 is 5.97 Å². The van der Waals surface area contributed by atoms with Crippen molar-refractivity contribution in [3.63, 3.8) is 0 Å². The Morgan fingerprint density at radius 1 is 1.28 bits per heavy atom. The van der Waals surface area contributed by atoms with Crippen LogP contribution in [0.5, 0.6) is 0 Å². The number of aryl methyl sites for hydroxylation is 1. The lowest BCUT2D eigenvalue weighted by atomic mass is 9.74. The first-order valence-corrected chi connectivity index (χ1v) is 6.51. The maximum Gasteiger partial charge on any atom is 0.316 e. The van der Waals surface area contributed by atoms with E-state index in [4.69, 9.17) is 9.47 Å². The molecule has 1 heterocycles. The number of esters is 1. The van der Waals surface area contributed by atoms with Gasteiger partial charge in [0.25, 0.3) is 0 Å². The van der Waals surface area contributed by atoms with E-state index in [1.807, 2.05) is 38.1 Å². The Hall–Kier alpha value is -1.35. The third-order valence-electron chi connectivity index (χ3n) is 3.62. The highest BCUT2D eigenvalue weighted by atomic mass is 16.5. The maximum absolute atomic E-state index is 12.3. The first-order chi connectivity index (χ1) is 8.69. The summed E-state index contributed by atoms with van der Waals surface area (Å²) in [7, 11) is 0. The Labute approximate surface area is 108 Å². The number of hydrogen-bond donors (Lipinski definition) is 0. The van der Waals surface area contributed by atoms with Gasteiger partial charge in [0.2, 0.25) is 0 Å². The number of hydrogen-bond acceptors (Lipinski definition) is 3. The zero-order valence-electron chi connectivity index (χ0n) is 11.1. The molecule has 0 unspecified atom stereocenters. The third-order valence-corrected chi connectivity index (χ3v) is 3.62. The molecule has 18 heavy (non-hydrogen) atoms. The van der Waals surface area contributed by atoms with Crippen LogP contribution in [-0.4, -0.2) is 25.8 Å². The first-order valence-electron chi connectivity index (χ1n) is 6.51. The fraction of sp³-hybridized carbons (Fsp3) is 0.533. The van der Waals surface area contributed by atoms with E-state index in [0.29, 0.717) is 32.7 Å². The number of carbonyl (C=O) groups is 1. The lowest BCUT2D eigenvalue weighted by Crippen LogP contribution is -2.42. The molecule has 1 aromatic rings. The van der Waals surface area contributed by atoms with Crippen LogP contribution in [0.2, 0.25) is 0 Å². The minimum atomic E-state index is -0.512. The Bertz CT molecular complexity index is 402. The van der Waals surface area contributed by atoms with Gasteiger partial charge in [-0.05, 0) is 32.3 Å². The fourth-order valence-corrected chi connectivity index (χ4v) is 2.47. The van der Waals surface area contributed by atoms with Crippen molar-refractivity contribution in [2.45, 2.75) is 32.1 Å². The molecule has 1 aliphatic heterocycles. The largest absolute Gasteiger partial charge is 0.465 e. The summed E-state index contributed by atoms with van der Waals surface area (Å²) in [6.07, 6.45) is 1.41. The number of ether oxygens (including phenoxy) is 2. The summed E-state index contributed by atoms with van der Waals surface area (Å²) in [6, 6.07) is 8.17. The van der Waals surface area contributed by atoms with Gasteiger partial charge in [-0.2, -0.15) is 0 Å². The van der Waals surface area contributed by atoms with Crippen LogP contribution in [0.3, 0.4) is 0 Å². The molecule has 1 aromatic carbocycles. The van der Waals surface area contributed by atoms with Crippen LogP contribution < -0.4 is 0 Å². The molecule has 2 rings (SSSR count). The molecule has 0 amide bonds. The van der Waals surface area contributed by atoms with Crippen LogP contribution >= 0.6 is 0 Å².